The van der Waals surface area contributed by atoms with E-state index in [1.165, 1.54) is 12.4 Å². The van der Waals surface area contributed by atoms with Crippen LogP contribution in [0.4, 0.5) is 19.0 Å². The first kappa shape index (κ1) is 16.7. The van der Waals surface area contributed by atoms with Crippen LogP contribution in [0.15, 0.2) is 30.7 Å². The Hall–Kier alpha value is -2.16. The molecule has 3 rings (SSSR count). The third-order valence-corrected chi connectivity index (χ3v) is 4.04. The Morgan fingerprint density at radius 3 is 2.92 bits per heavy atom. The van der Waals surface area contributed by atoms with E-state index in [-0.39, 0.29) is 6.04 Å². The van der Waals surface area contributed by atoms with E-state index in [1.54, 1.807) is 6.20 Å². The first-order chi connectivity index (χ1) is 11.5. The lowest BCUT2D eigenvalue weighted by Crippen LogP contribution is -2.38. The third-order valence-electron chi connectivity index (χ3n) is 4.04. The monoisotopic (exact) mass is 340 g/mol. The molecule has 3 heterocycles. The fourth-order valence-electron chi connectivity index (χ4n) is 2.99. The van der Waals surface area contributed by atoms with Crippen molar-refractivity contribution in [1.29, 1.82) is 0 Å². The molecule has 2 aromatic rings. The Bertz CT molecular complexity index is 642. The second-order valence-electron chi connectivity index (χ2n) is 5.79. The molecule has 130 valence electrons. The molecule has 1 aliphatic rings. The molecule has 1 fully saturated rings. The van der Waals surface area contributed by atoms with E-state index in [2.05, 4.69) is 25.4 Å². The van der Waals surface area contributed by atoms with E-state index in [4.69, 9.17) is 0 Å². The molecule has 1 aliphatic heterocycles. The molecule has 0 radical (unpaired) electrons. The lowest BCUT2D eigenvalue weighted by atomic mass is 10.2. The van der Waals surface area contributed by atoms with E-state index < -0.39 is 12.7 Å². The summed E-state index contributed by atoms with van der Waals surface area (Å²) in [6, 6.07) is 4.02. The first-order valence-electron chi connectivity index (χ1n) is 7.85. The van der Waals surface area contributed by atoms with Crippen LogP contribution < -0.4 is 10.2 Å². The zero-order valence-corrected chi connectivity index (χ0v) is 13.1. The number of aromatic nitrogens is 4. The minimum atomic E-state index is -4.25. The van der Waals surface area contributed by atoms with E-state index in [9.17, 15) is 13.2 Å². The summed E-state index contributed by atoms with van der Waals surface area (Å²) in [4.78, 5) is 6.19. The smallest absolute Gasteiger partial charge is 0.351 e. The zero-order valence-electron chi connectivity index (χ0n) is 13.1. The summed E-state index contributed by atoms with van der Waals surface area (Å²) in [7, 11) is 0. The highest BCUT2D eigenvalue weighted by molar-refractivity contribution is 5.39. The molecular formula is C15H19F3N6. The fourth-order valence-corrected chi connectivity index (χ4v) is 2.99. The molecule has 0 aromatic carbocycles. The predicted octanol–water partition coefficient (Wildman–Crippen LogP) is 1.99. The van der Waals surface area contributed by atoms with Gasteiger partial charge in [-0.2, -0.15) is 18.3 Å². The van der Waals surface area contributed by atoms with Gasteiger partial charge in [0.2, 0.25) is 0 Å². The van der Waals surface area contributed by atoms with Crippen molar-refractivity contribution < 1.29 is 13.2 Å². The molecule has 0 spiro atoms. The van der Waals surface area contributed by atoms with Crippen molar-refractivity contribution in [1.82, 2.24) is 25.1 Å². The topological polar surface area (TPSA) is 58.9 Å². The van der Waals surface area contributed by atoms with Crippen molar-refractivity contribution >= 4 is 5.82 Å². The van der Waals surface area contributed by atoms with Gasteiger partial charge in [0.05, 0.1) is 6.54 Å². The van der Waals surface area contributed by atoms with Crippen LogP contribution in [-0.4, -0.2) is 45.1 Å². The molecular weight excluding hydrogens is 321 g/mol. The van der Waals surface area contributed by atoms with Crippen LogP contribution >= 0.6 is 0 Å². The number of halogens is 3. The fraction of sp³-hybridized carbons (Fsp3) is 0.533. The second kappa shape index (κ2) is 7.16. The van der Waals surface area contributed by atoms with E-state index in [0.717, 1.165) is 29.8 Å². The summed E-state index contributed by atoms with van der Waals surface area (Å²) in [5.41, 5.74) is 0. The van der Waals surface area contributed by atoms with Crippen LogP contribution in [0.5, 0.6) is 0 Å². The normalized spacial score (nSPS) is 18.3. The Morgan fingerprint density at radius 1 is 1.29 bits per heavy atom. The molecule has 0 aliphatic carbocycles. The van der Waals surface area contributed by atoms with Gasteiger partial charge in [-0.15, -0.1) is 5.10 Å². The third kappa shape index (κ3) is 4.22. The van der Waals surface area contributed by atoms with Gasteiger partial charge in [-0.05, 0) is 25.0 Å². The van der Waals surface area contributed by atoms with Crippen molar-refractivity contribution in [3.63, 3.8) is 0 Å². The lowest BCUT2D eigenvalue weighted by molar-refractivity contribution is -0.141. The largest absolute Gasteiger partial charge is 0.406 e. The molecule has 2 aromatic heterocycles. The number of hydrogen-bond acceptors (Lipinski definition) is 5. The van der Waals surface area contributed by atoms with Gasteiger partial charge in [-0.25, -0.2) is 4.98 Å². The van der Waals surface area contributed by atoms with E-state index >= 15 is 0 Å². The minimum Gasteiger partial charge on any atom is -0.351 e. The highest BCUT2D eigenvalue weighted by Crippen LogP contribution is 2.22. The summed E-state index contributed by atoms with van der Waals surface area (Å²) >= 11 is 0. The van der Waals surface area contributed by atoms with Crippen LogP contribution in [-0.2, 0) is 13.1 Å². The maximum Gasteiger partial charge on any atom is 0.406 e. The summed E-state index contributed by atoms with van der Waals surface area (Å²) < 4.78 is 38.7. The Balaban J connectivity index is 1.54. The Morgan fingerprint density at radius 2 is 2.17 bits per heavy atom. The maximum absolute atomic E-state index is 12.5. The highest BCUT2D eigenvalue weighted by atomic mass is 19.4. The van der Waals surface area contributed by atoms with Crippen LogP contribution in [0.25, 0.3) is 0 Å². The maximum atomic E-state index is 12.5. The van der Waals surface area contributed by atoms with Crippen molar-refractivity contribution in [2.75, 3.05) is 18.0 Å². The summed E-state index contributed by atoms with van der Waals surface area (Å²) in [5, 5.41) is 11.2. The van der Waals surface area contributed by atoms with Crippen LogP contribution in [0, 0.1) is 0 Å². The quantitative estimate of drug-likeness (QED) is 0.872. The number of rotatable bonds is 6. The van der Waals surface area contributed by atoms with Gasteiger partial charge in [-0.3, -0.25) is 0 Å². The lowest BCUT2D eigenvalue weighted by Gasteiger charge is -2.25. The Labute approximate surface area is 137 Å². The van der Waals surface area contributed by atoms with Crippen LogP contribution in [0.1, 0.15) is 18.7 Å². The van der Waals surface area contributed by atoms with Gasteiger partial charge in [0.1, 0.15) is 12.4 Å². The first-order valence-corrected chi connectivity index (χ1v) is 7.85. The molecule has 24 heavy (non-hydrogen) atoms. The zero-order chi connectivity index (χ0) is 17.0. The van der Waals surface area contributed by atoms with E-state index in [1.807, 2.05) is 12.1 Å². The molecule has 0 saturated carbocycles. The van der Waals surface area contributed by atoms with Crippen molar-refractivity contribution in [3.05, 3.63) is 36.5 Å². The minimum absolute atomic E-state index is 0.257. The average molecular weight is 340 g/mol. The highest BCUT2D eigenvalue weighted by Gasteiger charge is 2.29. The molecule has 1 N–H and O–H groups in total. The number of anilines is 1. The Kier molecular flexibility index (Phi) is 4.98. The van der Waals surface area contributed by atoms with Gasteiger partial charge in [0, 0.05) is 37.7 Å². The molecule has 6 nitrogen and oxygen atoms in total. The van der Waals surface area contributed by atoms with Gasteiger partial charge >= 0.3 is 6.18 Å². The van der Waals surface area contributed by atoms with E-state index in [0.29, 0.717) is 18.9 Å². The number of hydrogen-bond donors (Lipinski definition) is 1. The molecule has 0 amide bonds. The average Bonchev–Trinajstić information content (AvgIpc) is 3.17. The number of imidazole rings is 1. The van der Waals surface area contributed by atoms with Crippen molar-refractivity contribution in [2.24, 2.45) is 0 Å². The van der Waals surface area contributed by atoms with Crippen LogP contribution in [0.2, 0.25) is 0 Å². The van der Waals surface area contributed by atoms with Crippen molar-refractivity contribution in [3.8, 4) is 0 Å². The SMILES string of the molecule is FC(F)(F)Cn1ccnc1CNC[C@@H]1CCCN1c1cccnn1. The summed E-state index contributed by atoms with van der Waals surface area (Å²) in [6.45, 7) is 0.857. The van der Waals surface area contributed by atoms with Gasteiger partial charge in [0.25, 0.3) is 0 Å². The number of nitrogens with zero attached hydrogens (tertiary/aromatic N) is 5. The summed E-state index contributed by atoms with van der Waals surface area (Å²) in [6.07, 6.45) is 2.21. The van der Waals surface area contributed by atoms with Crippen molar-refractivity contribution in [2.45, 2.75) is 38.1 Å². The van der Waals surface area contributed by atoms with Gasteiger partial charge in [-0.1, -0.05) is 0 Å². The molecule has 0 unspecified atom stereocenters. The molecule has 0 bridgehead atoms. The standard InChI is InChI=1S/C15H19F3N6/c16-15(17,18)11-23-8-6-20-14(23)10-19-9-12-3-2-7-24(12)13-4-1-5-21-22-13/h1,4-6,8,12,19H,2-3,7,9-11H2/t12-/m0/s1. The second-order valence-corrected chi connectivity index (χ2v) is 5.79. The van der Waals surface area contributed by atoms with Gasteiger partial charge < -0.3 is 14.8 Å². The van der Waals surface area contributed by atoms with Gasteiger partial charge in [0.15, 0.2) is 5.82 Å². The predicted molar refractivity (Wildman–Crippen MR) is 82.4 cm³/mol. The molecule has 1 atom stereocenters. The molecule has 9 heteroatoms. The number of nitrogens with one attached hydrogen (secondary N) is 1. The molecule has 1 saturated heterocycles. The van der Waals surface area contributed by atoms with Crippen LogP contribution in [0.3, 0.4) is 0 Å². The number of alkyl halides is 3. The summed E-state index contributed by atoms with van der Waals surface area (Å²) in [5.74, 6) is 1.22.